The molecule has 0 aliphatic carbocycles. The van der Waals surface area contributed by atoms with Gasteiger partial charge in [-0.15, -0.1) is 24.0 Å². The average Bonchev–Trinajstić information content (AvgIpc) is 3.11. The predicted molar refractivity (Wildman–Crippen MR) is 132 cm³/mol. The number of nitrogens with zero attached hydrogens (tertiary/aromatic N) is 1. The van der Waals surface area contributed by atoms with Crippen molar-refractivity contribution in [2.75, 3.05) is 25.0 Å². The number of hydrogen-bond donors (Lipinski definition) is 4. The molecular formula is C21H30ClIN4O3. The van der Waals surface area contributed by atoms with Crippen LogP contribution in [0.1, 0.15) is 37.4 Å². The number of carbonyl (C=O) groups excluding carboxylic acids is 1. The lowest BCUT2D eigenvalue weighted by Gasteiger charge is -2.19. The van der Waals surface area contributed by atoms with Crippen molar-refractivity contribution in [3.05, 3.63) is 52.4 Å². The summed E-state index contributed by atoms with van der Waals surface area (Å²) in [6.07, 6.45) is 0.254. The van der Waals surface area contributed by atoms with E-state index in [1.165, 1.54) is 0 Å². The molecule has 2 rings (SSSR count). The Hall–Kier alpha value is -1.78. The lowest BCUT2D eigenvalue weighted by atomic mass is 10.0. The fourth-order valence-electron chi connectivity index (χ4n) is 2.63. The minimum absolute atomic E-state index is 0. The van der Waals surface area contributed by atoms with Gasteiger partial charge in [-0.25, -0.2) is 4.99 Å². The van der Waals surface area contributed by atoms with E-state index in [9.17, 15) is 9.90 Å². The molecule has 0 aliphatic rings. The molecule has 0 saturated carbocycles. The Morgan fingerprint density at radius 1 is 1.23 bits per heavy atom. The van der Waals surface area contributed by atoms with Crippen LogP contribution in [-0.4, -0.2) is 36.6 Å². The second-order valence-electron chi connectivity index (χ2n) is 7.02. The minimum atomic E-state index is -1.22. The van der Waals surface area contributed by atoms with Crippen LogP contribution >= 0.6 is 35.6 Å². The highest BCUT2D eigenvalue weighted by atomic mass is 127. The molecule has 0 saturated heterocycles. The van der Waals surface area contributed by atoms with Crippen molar-refractivity contribution >= 4 is 53.1 Å². The van der Waals surface area contributed by atoms with E-state index in [-0.39, 0.29) is 42.8 Å². The molecule has 0 radical (unpaired) electrons. The first-order valence-electron chi connectivity index (χ1n) is 9.59. The summed E-state index contributed by atoms with van der Waals surface area (Å²) in [5.41, 5.74) is 0.312. The number of carbonyl (C=O) groups is 1. The van der Waals surface area contributed by atoms with Crippen molar-refractivity contribution in [2.45, 2.75) is 39.7 Å². The molecule has 1 aromatic heterocycles. The van der Waals surface area contributed by atoms with Gasteiger partial charge in [-0.3, -0.25) is 4.79 Å². The average molecular weight is 549 g/mol. The van der Waals surface area contributed by atoms with Gasteiger partial charge in [0.2, 0.25) is 5.91 Å². The Morgan fingerprint density at radius 3 is 2.60 bits per heavy atom. The lowest BCUT2D eigenvalue weighted by molar-refractivity contribution is -0.116. The third-order valence-electron chi connectivity index (χ3n) is 4.35. The number of halogens is 2. The van der Waals surface area contributed by atoms with E-state index in [1.807, 2.05) is 26.8 Å². The predicted octanol–water partition coefficient (Wildman–Crippen LogP) is 3.96. The Bertz CT molecular complexity index is 868. The number of benzene rings is 1. The SMILES string of the molecule is CCNC(=NCC(C)(O)c1ccc(C)o1)NCCC(=O)Nc1cccc(Cl)c1C.I. The summed E-state index contributed by atoms with van der Waals surface area (Å²) in [7, 11) is 0. The number of anilines is 1. The largest absolute Gasteiger partial charge is 0.463 e. The summed E-state index contributed by atoms with van der Waals surface area (Å²) in [6, 6.07) is 8.94. The van der Waals surface area contributed by atoms with Crippen LogP contribution in [0, 0.1) is 13.8 Å². The van der Waals surface area contributed by atoms with Crippen molar-refractivity contribution in [3.8, 4) is 0 Å². The first-order chi connectivity index (χ1) is 13.7. The van der Waals surface area contributed by atoms with Gasteiger partial charge in [0, 0.05) is 30.2 Å². The number of hydrogen-bond acceptors (Lipinski definition) is 4. The van der Waals surface area contributed by atoms with Crippen LogP contribution in [0.15, 0.2) is 39.7 Å². The molecule has 1 heterocycles. The standard InChI is InChI=1S/C21H29ClN4O3.HI/c1-5-23-20(25-13-21(4,28)18-10-9-14(2)29-18)24-12-11-19(27)26-17-8-6-7-16(22)15(17)3;/h6-10,28H,5,11-13H2,1-4H3,(H,26,27)(H2,23,24,25);1H. The van der Waals surface area contributed by atoms with Crippen LogP contribution in [0.2, 0.25) is 5.02 Å². The van der Waals surface area contributed by atoms with Crippen LogP contribution in [-0.2, 0) is 10.4 Å². The van der Waals surface area contributed by atoms with Crippen LogP contribution in [0.5, 0.6) is 0 Å². The Labute approximate surface area is 199 Å². The fourth-order valence-corrected chi connectivity index (χ4v) is 2.80. The zero-order valence-corrected chi connectivity index (χ0v) is 20.8. The number of guanidine groups is 1. The Kier molecular flexibility index (Phi) is 10.6. The zero-order valence-electron chi connectivity index (χ0n) is 17.7. The molecule has 2 aromatic rings. The van der Waals surface area contributed by atoms with Gasteiger partial charge >= 0.3 is 0 Å². The number of aliphatic hydroxyl groups is 1. The molecule has 1 atom stereocenters. The first kappa shape index (κ1) is 26.3. The molecule has 0 aliphatic heterocycles. The Balaban J connectivity index is 0.00000450. The molecule has 1 aromatic carbocycles. The molecule has 4 N–H and O–H groups in total. The van der Waals surface area contributed by atoms with Crippen molar-refractivity contribution in [1.82, 2.24) is 10.6 Å². The third kappa shape index (κ3) is 7.81. The molecule has 9 heteroatoms. The summed E-state index contributed by atoms with van der Waals surface area (Å²) in [4.78, 5) is 16.6. The zero-order chi connectivity index (χ0) is 21.4. The summed E-state index contributed by atoms with van der Waals surface area (Å²) in [5.74, 6) is 1.58. The van der Waals surface area contributed by atoms with Crippen molar-refractivity contribution in [1.29, 1.82) is 0 Å². The van der Waals surface area contributed by atoms with Gasteiger partial charge in [0.05, 0.1) is 6.54 Å². The van der Waals surface area contributed by atoms with Crippen LogP contribution in [0.25, 0.3) is 0 Å². The number of amides is 1. The molecule has 0 bridgehead atoms. The monoisotopic (exact) mass is 548 g/mol. The quantitative estimate of drug-likeness (QED) is 0.227. The maximum atomic E-state index is 12.2. The molecular weight excluding hydrogens is 519 g/mol. The first-order valence-corrected chi connectivity index (χ1v) is 9.97. The van der Waals surface area contributed by atoms with E-state index in [2.05, 4.69) is 20.9 Å². The number of nitrogens with one attached hydrogen (secondary N) is 3. The van der Waals surface area contributed by atoms with Crippen LogP contribution in [0.4, 0.5) is 5.69 Å². The summed E-state index contributed by atoms with van der Waals surface area (Å²) in [6.45, 7) is 8.44. The van der Waals surface area contributed by atoms with Crippen molar-refractivity contribution in [2.24, 2.45) is 4.99 Å². The fraction of sp³-hybridized carbons (Fsp3) is 0.429. The highest BCUT2D eigenvalue weighted by Crippen LogP contribution is 2.23. The van der Waals surface area contributed by atoms with Gasteiger partial charge in [0.25, 0.3) is 0 Å². The van der Waals surface area contributed by atoms with Crippen LogP contribution in [0.3, 0.4) is 0 Å². The lowest BCUT2D eigenvalue weighted by Crippen LogP contribution is -2.40. The molecule has 1 unspecified atom stereocenters. The smallest absolute Gasteiger partial charge is 0.226 e. The van der Waals surface area contributed by atoms with E-state index in [1.54, 1.807) is 31.2 Å². The van der Waals surface area contributed by atoms with Gasteiger partial charge in [-0.05, 0) is 57.5 Å². The maximum absolute atomic E-state index is 12.2. The molecule has 30 heavy (non-hydrogen) atoms. The number of aliphatic imine (C=N–C) groups is 1. The van der Waals surface area contributed by atoms with E-state index in [0.717, 1.165) is 11.3 Å². The van der Waals surface area contributed by atoms with E-state index >= 15 is 0 Å². The summed E-state index contributed by atoms with van der Waals surface area (Å²) < 4.78 is 5.51. The third-order valence-corrected chi connectivity index (χ3v) is 4.76. The van der Waals surface area contributed by atoms with Gasteiger partial charge in [-0.1, -0.05) is 17.7 Å². The van der Waals surface area contributed by atoms with Crippen LogP contribution < -0.4 is 16.0 Å². The highest BCUT2D eigenvalue weighted by Gasteiger charge is 2.26. The van der Waals surface area contributed by atoms with E-state index < -0.39 is 5.60 Å². The molecule has 7 nitrogen and oxygen atoms in total. The van der Waals surface area contributed by atoms with Crippen molar-refractivity contribution < 1.29 is 14.3 Å². The molecule has 0 spiro atoms. The summed E-state index contributed by atoms with van der Waals surface area (Å²) >= 11 is 6.08. The van der Waals surface area contributed by atoms with E-state index in [4.69, 9.17) is 16.0 Å². The number of aryl methyl sites for hydroxylation is 1. The van der Waals surface area contributed by atoms with E-state index in [0.29, 0.717) is 35.5 Å². The van der Waals surface area contributed by atoms with Gasteiger partial charge in [-0.2, -0.15) is 0 Å². The second-order valence-corrected chi connectivity index (χ2v) is 7.42. The maximum Gasteiger partial charge on any atom is 0.226 e. The topological polar surface area (TPSA) is 98.9 Å². The van der Waals surface area contributed by atoms with Crippen molar-refractivity contribution in [3.63, 3.8) is 0 Å². The normalized spacial score (nSPS) is 13.2. The summed E-state index contributed by atoms with van der Waals surface area (Å²) in [5, 5.41) is 20.3. The van der Waals surface area contributed by atoms with Gasteiger partial charge in [0.1, 0.15) is 17.1 Å². The molecule has 166 valence electrons. The van der Waals surface area contributed by atoms with Gasteiger partial charge in [0.15, 0.2) is 5.96 Å². The number of furan rings is 1. The highest BCUT2D eigenvalue weighted by molar-refractivity contribution is 14.0. The minimum Gasteiger partial charge on any atom is -0.463 e. The van der Waals surface area contributed by atoms with Gasteiger partial charge < -0.3 is 25.5 Å². The Morgan fingerprint density at radius 2 is 1.97 bits per heavy atom. The molecule has 1 amide bonds. The second kappa shape index (κ2) is 12.2. The molecule has 0 fully saturated rings. The number of rotatable bonds is 8.